The lowest BCUT2D eigenvalue weighted by molar-refractivity contribution is -0.384. The first-order valence-electron chi connectivity index (χ1n) is 13.2. The number of rotatable bonds is 10. The van der Waals surface area contributed by atoms with Crippen molar-refractivity contribution in [1.29, 1.82) is 0 Å². The van der Waals surface area contributed by atoms with Crippen LogP contribution in [0.1, 0.15) is 56.3 Å². The van der Waals surface area contributed by atoms with E-state index >= 15 is 0 Å². The van der Waals surface area contributed by atoms with E-state index in [2.05, 4.69) is 0 Å². The number of aromatic nitrogens is 2. The first kappa shape index (κ1) is 28.8. The highest BCUT2D eigenvalue weighted by Crippen LogP contribution is 2.31. The summed E-state index contributed by atoms with van der Waals surface area (Å²) >= 11 is 6.38. The molecule has 0 N–H and O–H groups in total. The van der Waals surface area contributed by atoms with Crippen molar-refractivity contribution in [2.24, 2.45) is 5.92 Å². The predicted molar refractivity (Wildman–Crippen MR) is 156 cm³/mol. The Morgan fingerprint density at radius 3 is 2.40 bits per heavy atom. The molecule has 0 spiro atoms. The van der Waals surface area contributed by atoms with E-state index in [1.54, 1.807) is 51.9 Å². The number of nitrogens with zero attached hydrogens (tertiary/aromatic N) is 4. The molecule has 0 fully saturated rings. The number of amides is 1. The Bertz CT molecular complexity index is 1600. The Morgan fingerprint density at radius 2 is 1.80 bits per heavy atom. The Morgan fingerprint density at radius 1 is 1.10 bits per heavy atom. The molecule has 3 aromatic carbocycles. The molecule has 0 aliphatic rings. The number of para-hydroxylation sites is 1. The van der Waals surface area contributed by atoms with Gasteiger partial charge in [-0.2, -0.15) is 0 Å². The summed E-state index contributed by atoms with van der Waals surface area (Å²) in [4.78, 5) is 45.2. The van der Waals surface area contributed by atoms with E-state index in [-0.39, 0.29) is 27.8 Å². The molecular formula is C30H31ClN4O5. The second-order valence-corrected chi connectivity index (χ2v) is 10.2. The average Bonchev–Trinajstić information content (AvgIpc) is 2.93. The standard InChI is InChI=1S/C30H31ClN4O5/c1-5-27(33(18-19(3)4)29(36)23-16-13-21(35(38)39)17-25(23)31)28-32-26-10-8-7-9-24(26)30(37)34(28)20-11-14-22(15-12-20)40-6-2/h7-17,19,27H,5-6,18H2,1-4H3. The van der Waals surface area contributed by atoms with Crippen LogP contribution in [0.3, 0.4) is 0 Å². The molecule has 0 aliphatic carbocycles. The third-order valence-electron chi connectivity index (χ3n) is 6.49. The van der Waals surface area contributed by atoms with Crippen molar-refractivity contribution in [2.45, 2.75) is 40.2 Å². The summed E-state index contributed by atoms with van der Waals surface area (Å²) in [7, 11) is 0. The number of hydrogen-bond acceptors (Lipinski definition) is 6. The second kappa shape index (κ2) is 12.3. The third kappa shape index (κ3) is 5.84. The lowest BCUT2D eigenvalue weighted by atomic mass is 10.0. The van der Waals surface area contributed by atoms with Crippen LogP contribution in [0.25, 0.3) is 16.6 Å². The van der Waals surface area contributed by atoms with Gasteiger partial charge >= 0.3 is 0 Å². The molecule has 0 bridgehead atoms. The van der Waals surface area contributed by atoms with Crippen molar-refractivity contribution in [3.63, 3.8) is 0 Å². The summed E-state index contributed by atoms with van der Waals surface area (Å²) in [6, 6.07) is 17.5. The number of ether oxygens (including phenoxy) is 1. The first-order chi connectivity index (χ1) is 19.2. The SMILES string of the molecule is CCOc1ccc(-n2c(C(CC)N(CC(C)C)C(=O)c3ccc([N+](=O)[O-])cc3Cl)nc3ccccc3c2=O)cc1. The Hall–Kier alpha value is -4.24. The third-order valence-corrected chi connectivity index (χ3v) is 6.80. The molecule has 1 atom stereocenters. The predicted octanol–water partition coefficient (Wildman–Crippen LogP) is 6.60. The molecule has 40 heavy (non-hydrogen) atoms. The van der Waals surface area contributed by atoms with E-state index in [1.165, 1.54) is 18.2 Å². The monoisotopic (exact) mass is 562 g/mol. The molecule has 4 aromatic rings. The van der Waals surface area contributed by atoms with E-state index in [1.807, 2.05) is 33.8 Å². The van der Waals surface area contributed by atoms with Crippen LogP contribution in [0.2, 0.25) is 5.02 Å². The van der Waals surface area contributed by atoms with Gasteiger partial charge in [0.15, 0.2) is 0 Å². The van der Waals surface area contributed by atoms with Gasteiger partial charge in [-0.05, 0) is 61.7 Å². The maximum atomic E-state index is 14.0. The summed E-state index contributed by atoms with van der Waals surface area (Å²) in [6.45, 7) is 8.64. The van der Waals surface area contributed by atoms with Crippen LogP contribution >= 0.6 is 11.6 Å². The topological polar surface area (TPSA) is 108 Å². The second-order valence-electron chi connectivity index (χ2n) is 9.75. The zero-order chi connectivity index (χ0) is 29.0. The number of non-ortho nitro benzene ring substituents is 1. The molecule has 0 radical (unpaired) electrons. The minimum absolute atomic E-state index is 0.0156. The van der Waals surface area contributed by atoms with Gasteiger partial charge in [0, 0.05) is 18.7 Å². The quantitative estimate of drug-likeness (QED) is 0.159. The van der Waals surface area contributed by atoms with Crippen LogP contribution < -0.4 is 10.3 Å². The summed E-state index contributed by atoms with van der Waals surface area (Å²) < 4.78 is 7.13. The largest absolute Gasteiger partial charge is 0.494 e. The number of fused-ring (bicyclic) bond motifs is 1. The number of nitro benzene ring substituents is 1. The fourth-order valence-electron chi connectivity index (χ4n) is 4.71. The van der Waals surface area contributed by atoms with E-state index in [0.29, 0.717) is 47.7 Å². The number of halogens is 1. The van der Waals surface area contributed by atoms with Gasteiger partial charge in [0.2, 0.25) is 0 Å². The van der Waals surface area contributed by atoms with Gasteiger partial charge in [-0.1, -0.05) is 44.5 Å². The maximum absolute atomic E-state index is 14.0. The molecule has 0 saturated carbocycles. The molecule has 0 aliphatic heterocycles. The lowest BCUT2D eigenvalue weighted by Gasteiger charge is -2.34. The zero-order valence-corrected chi connectivity index (χ0v) is 23.6. The van der Waals surface area contributed by atoms with Gasteiger partial charge in [0.05, 0.1) is 44.7 Å². The smallest absolute Gasteiger partial charge is 0.270 e. The van der Waals surface area contributed by atoms with Crippen molar-refractivity contribution < 1.29 is 14.5 Å². The van der Waals surface area contributed by atoms with Gasteiger partial charge in [0.1, 0.15) is 11.6 Å². The number of carbonyl (C=O) groups is 1. The van der Waals surface area contributed by atoms with Crippen molar-refractivity contribution >= 4 is 34.1 Å². The van der Waals surface area contributed by atoms with Crippen molar-refractivity contribution in [3.05, 3.63) is 104 Å². The van der Waals surface area contributed by atoms with Crippen LogP contribution in [0.5, 0.6) is 5.75 Å². The fraction of sp³-hybridized carbons (Fsp3) is 0.300. The number of carbonyl (C=O) groups excluding carboxylic acids is 1. The van der Waals surface area contributed by atoms with Crippen LogP contribution in [-0.2, 0) is 0 Å². The highest BCUT2D eigenvalue weighted by Gasteiger charge is 2.31. The van der Waals surface area contributed by atoms with Gasteiger partial charge in [-0.25, -0.2) is 4.98 Å². The highest BCUT2D eigenvalue weighted by molar-refractivity contribution is 6.34. The van der Waals surface area contributed by atoms with Gasteiger partial charge in [-0.15, -0.1) is 0 Å². The number of hydrogen-bond donors (Lipinski definition) is 0. The van der Waals surface area contributed by atoms with E-state index < -0.39 is 16.9 Å². The molecule has 1 aromatic heterocycles. The fourth-order valence-corrected chi connectivity index (χ4v) is 4.97. The van der Waals surface area contributed by atoms with Crippen molar-refractivity contribution in [1.82, 2.24) is 14.5 Å². The molecule has 0 saturated heterocycles. The molecule has 10 heteroatoms. The molecule has 1 heterocycles. The lowest BCUT2D eigenvalue weighted by Crippen LogP contribution is -2.40. The zero-order valence-electron chi connectivity index (χ0n) is 22.8. The van der Waals surface area contributed by atoms with E-state index in [0.717, 1.165) is 0 Å². The summed E-state index contributed by atoms with van der Waals surface area (Å²) in [5.41, 5.74) is 0.791. The van der Waals surface area contributed by atoms with Crippen molar-refractivity contribution in [2.75, 3.05) is 13.2 Å². The summed E-state index contributed by atoms with van der Waals surface area (Å²) in [5, 5.41) is 11.7. The van der Waals surface area contributed by atoms with Crippen LogP contribution in [0.4, 0.5) is 5.69 Å². The summed E-state index contributed by atoms with van der Waals surface area (Å²) in [5.74, 6) is 0.746. The minimum Gasteiger partial charge on any atom is -0.494 e. The Labute approximate surface area is 237 Å². The molecule has 208 valence electrons. The number of nitro groups is 1. The Kier molecular flexibility index (Phi) is 8.84. The molecular weight excluding hydrogens is 532 g/mol. The maximum Gasteiger partial charge on any atom is 0.270 e. The molecule has 1 amide bonds. The van der Waals surface area contributed by atoms with E-state index in [9.17, 15) is 19.7 Å². The molecule has 9 nitrogen and oxygen atoms in total. The van der Waals surface area contributed by atoms with Gasteiger partial charge < -0.3 is 9.64 Å². The highest BCUT2D eigenvalue weighted by atomic mass is 35.5. The number of benzene rings is 3. The van der Waals surface area contributed by atoms with Crippen LogP contribution in [0, 0.1) is 16.0 Å². The first-order valence-corrected chi connectivity index (χ1v) is 13.5. The van der Waals surface area contributed by atoms with Gasteiger partial charge in [-0.3, -0.25) is 24.3 Å². The molecule has 4 rings (SSSR count). The average molecular weight is 563 g/mol. The van der Waals surface area contributed by atoms with Crippen LogP contribution in [-0.4, -0.2) is 38.4 Å². The van der Waals surface area contributed by atoms with Gasteiger partial charge in [0.25, 0.3) is 17.2 Å². The van der Waals surface area contributed by atoms with Crippen molar-refractivity contribution in [3.8, 4) is 11.4 Å². The normalized spacial score (nSPS) is 11.9. The molecule has 1 unspecified atom stereocenters. The minimum atomic E-state index is -0.606. The van der Waals surface area contributed by atoms with Crippen LogP contribution in [0.15, 0.2) is 71.5 Å². The van der Waals surface area contributed by atoms with E-state index in [4.69, 9.17) is 21.3 Å². The Balaban J connectivity index is 1.92. The summed E-state index contributed by atoms with van der Waals surface area (Å²) in [6.07, 6.45) is 0.449.